The first-order valence-corrected chi connectivity index (χ1v) is 7.77. The Balaban J connectivity index is 1.90. The summed E-state index contributed by atoms with van der Waals surface area (Å²) in [4.78, 5) is 7.84. The highest BCUT2D eigenvalue weighted by molar-refractivity contribution is 7.11. The van der Waals surface area contributed by atoms with Crippen molar-refractivity contribution in [3.05, 3.63) is 51.5 Å². The van der Waals surface area contributed by atoms with Gasteiger partial charge in [0.2, 0.25) is 0 Å². The Morgan fingerprint density at radius 1 is 1.30 bits per heavy atom. The molecule has 1 N–H and O–H groups in total. The highest BCUT2D eigenvalue weighted by Crippen LogP contribution is 2.18. The number of aliphatic hydroxyl groups excluding tert-OH is 1. The third-order valence-electron chi connectivity index (χ3n) is 3.30. The number of rotatable bonds is 6. The average molecular weight is 290 g/mol. The summed E-state index contributed by atoms with van der Waals surface area (Å²) in [5, 5.41) is 11.4. The van der Waals surface area contributed by atoms with E-state index in [2.05, 4.69) is 23.7 Å². The van der Waals surface area contributed by atoms with Crippen molar-refractivity contribution in [2.75, 3.05) is 13.6 Å². The summed E-state index contributed by atoms with van der Waals surface area (Å²) >= 11 is 1.75. The van der Waals surface area contributed by atoms with Crippen LogP contribution in [0.4, 0.5) is 0 Å². The van der Waals surface area contributed by atoms with Gasteiger partial charge in [-0.25, -0.2) is 4.98 Å². The van der Waals surface area contributed by atoms with E-state index in [1.807, 2.05) is 37.5 Å². The van der Waals surface area contributed by atoms with Gasteiger partial charge in [0.1, 0.15) is 5.01 Å². The van der Waals surface area contributed by atoms with E-state index in [-0.39, 0.29) is 0 Å². The fourth-order valence-corrected chi connectivity index (χ4v) is 3.01. The maximum absolute atomic E-state index is 10.3. The van der Waals surface area contributed by atoms with E-state index < -0.39 is 6.10 Å². The topological polar surface area (TPSA) is 36.4 Å². The van der Waals surface area contributed by atoms with E-state index >= 15 is 0 Å². The summed E-state index contributed by atoms with van der Waals surface area (Å²) < 4.78 is 0. The summed E-state index contributed by atoms with van der Waals surface area (Å²) in [6.45, 7) is 5.59. The largest absolute Gasteiger partial charge is 0.387 e. The van der Waals surface area contributed by atoms with E-state index in [0.717, 1.165) is 23.5 Å². The highest BCUT2D eigenvalue weighted by atomic mass is 32.1. The highest BCUT2D eigenvalue weighted by Gasteiger charge is 2.12. The summed E-state index contributed by atoms with van der Waals surface area (Å²) in [6.07, 6.45) is 2.53. The van der Waals surface area contributed by atoms with Crippen LogP contribution in [0.5, 0.6) is 0 Å². The molecule has 0 aliphatic rings. The summed E-state index contributed by atoms with van der Waals surface area (Å²) in [5.41, 5.74) is 2.18. The van der Waals surface area contributed by atoms with Crippen LogP contribution in [0.1, 0.15) is 34.0 Å². The Bertz CT molecular complexity index is 536. The smallest absolute Gasteiger partial charge is 0.107 e. The third-order valence-corrected chi connectivity index (χ3v) is 4.43. The molecule has 2 aromatic rings. The van der Waals surface area contributed by atoms with Crippen molar-refractivity contribution >= 4 is 11.3 Å². The zero-order valence-electron chi connectivity index (χ0n) is 12.3. The van der Waals surface area contributed by atoms with E-state index in [9.17, 15) is 5.11 Å². The second-order valence-corrected chi connectivity index (χ2v) is 6.40. The van der Waals surface area contributed by atoms with Gasteiger partial charge in [-0.1, -0.05) is 36.8 Å². The van der Waals surface area contributed by atoms with E-state index in [4.69, 9.17) is 0 Å². The molecule has 0 radical (unpaired) electrons. The number of thiazole rings is 1. The van der Waals surface area contributed by atoms with Crippen LogP contribution >= 0.6 is 11.3 Å². The zero-order valence-corrected chi connectivity index (χ0v) is 13.2. The Morgan fingerprint density at radius 3 is 2.60 bits per heavy atom. The number of likely N-dealkylation sites (N-methyl/N-ethyl adjacent to an activating group) is 1. The molecule has 4 heteroatoms. The molecular weight excluding hydrogens is 268 g/mol. The van der Waals surface area contributed by atoms with Crippen molar-refractivity contribution in [1.29, 1.82) is 0 Å². The SMILES string of the molecule is CCc1cnc(CN(C)CC(O)c2ccc(C)cc2)s1. The first-order chi connectivity index (χ1) is 9.58. The number of aryl methyl sites for hydroxylation is 2. The van der Waals surface area contributed by atoms with Crippen LogP contribution in [0, 0.1) is 6.92 Å². The van der Waals surface area contributed by atoms with Gasteiger partial charge < -0.3 is 5.11 Å². The second kappa shape index (κ2) is 6.97. The van der Waals surface area contributed by atoms with Gasteiger partial charge >= 0.3 is 0 Å². The first kappa shape index (κ1) is 15.2. The van der Waals surface area contributed by atoms with Gasteiger partial charge in [-0.15, -0.1) is 11.3 Å². The van der Waals surface area contributed by atoms with Gasteiger partial charge in [-0.2, -0.15) is 0 Å². The minimum atomic E-state index is -0.453. The molecular formula is C16H22N2OS. The number of hydrogen-bond donors (Lipinski definition) is 1. The molecule has 3 nitrogen and oxygen atoms in total. The van der Waals surface area contributed by atoms with Crippen molar-refractivity contribution in [2.45, 2.75) is 32.9 Å². The fraction of sp³-hybridized carbons (Fsp3) is 0.438. The van der Waals surface area contributed by atoms with Gasteiger partial charge in [0.05, 0.1) is 12.6 Å². The summed E-state index contributed by atoms with van der Waals surface area (Å²) in [5.74, 6) is 0. The first-order valence-electron chi connectivity index (χ1n) is 6.95. The average Bonchev–Trinajstić information content (AvgIpc) is 2.86. The van der Waals surface area contributed by atoms with Gasteiger partial charge in [-0.05, 0) is 26.0 Å². The number of aromatic nitrogens is 1. The van der Waals surface area contributed by atoms with Crippen LogP contribution in [-0.4, -0.2) is 28.6 Å². The van der Waals surface area contributed by atoms with Crippen molar-refractivity contribution in [2.24, 2.45) is 0 Å². The number of hydrogen-bond acceptors (Lipinski definition) is 4. The molecule has 108 valence electrons. The molecule has 0 fully saturated rings. The predicted octanol–water partition coefficient (Wildman–Crippen LogP) is 3.18. The van der Waals surface area contributed by atoms with E-state index in [1.54, 1.807) is 11.3 Å². The van der Waals surface area contributed by atoms with Gasteiger partial charge in [0.25, 0.3) is 0 Å². The van der Waals surface area contributed by atoms with Crippen molar-refractivity contribution in [1.82, 2.24) is 9.88 Å². The predicted molar refractivity (Wildman–Crippen MR) is 84.0 cm³/mol. The number of aliphatic hydroxyl groups is 1. The van der Waals surface area contributed by atoms with Crippen molar-refractivity contribution in [3.8, 4) is 0 Å². The van der Waals surface area contributed by atoms with Crippen LogP contribution in [0.2, 0.25) is 0 Å². The number of benzene rings is 1. The Morgan fingerprint density at radius 2 is 2.00 bits per heavy atom. The van der Waals surface area contributed by atoms with Crippen LogP contribution in [0.3, 0.4) is 0 Å². The van der Waals surface area contributed by atoms with E-state index in [1.165, 1.54) is 10.4 Å². The molecule has 0 saturated carbocycles. The van der Waals surface area contributed by atoms with Gasteiger partial charge in [-0.3, -0.25) is 4.90 Å². The van der Waals surface area contributed by atoms with Crippen LogP contribution < -0.4 is 0 Å². The zero-order chi connectivity index (χ0) is 14.5. The quantitative estimate of drug-likeness (QED) is 0.887. The molecule has 1 aromatic heterocycles. The van der Waals surface area contributed by atoms with Crippen molar-refractivity contribution in [3.63, 3.8) is 0 Å². The fourth-order valence-electron chi connectivity index (χ4n) is 2.07. The second-order valence-electron chi connectivity index (χ2n) is 5.20. The van der Waals surface area contributed by atoms with E-state index in [0.29, 0.717) is 6.54 Å². The summed E-state index contributed by atoms with van der Waals surface area (Å²) in [7, 11) is 2.02. The molecule has 2 rings (SSSR count). The molecule has 0 aliphatic heterocycles. The molecule has 1 unspecified atom stereocenters. The lowest BCUT2D eigenvalue weighted by molar-refractivity contribution is 0.124. The van der Waals surface area contributed by atoms with Gasteiger partial charge in [0.15, 0.2) is 0 Å². The van der Waals surface area contributed by atoms with Crippen LogP contribution in [0.25, 0.3) is 0 Å². The molecule has 1 atom stereocenters. The Hall–Kier alpha value is -1.23. The molecule has 20 heavy (non-hydrogen) atoms. The molecule has 0 amide bonds. The Labute approximate surface area is 124 Å². The minimum Gasteiger partial charge on any atom is -0.387 e. The molecule has 0 saturated heterocycles. The minimum absolute atomic E-state index is 0.453. The van der Waals surface area contributed by atoms with Gasteiger partial charge in [0, 0.05) is 17.6 Å². The maximum Gasteiger partial charge on any atom is 0.107 e. The van der Waals surface area contributed by atoms with Crippen molar-refractivity contribution < 1.29 is 5.11 Å². The monoisotopic (exact) mass is 290 g/mol. The maximum atomic E-state index is 10.3. The Kier molecular flexibility index (Phi) is 5.29. The normalized spacial score (nSPS) is 12.8. The molecule has 0 aliphatic carbocycles. The third kappa shape index (κ3) is 4.13. The van der Waals surface area contributed by atoms with Crippen LogP contribution in [0.15, 0.2) is 30.5 Å². The molecule has 0 bridgehead atoms. The molecule has 1 aromatic carbocycles. The number of nitrogens with zero attached hydrogens (tertiary/aromatic N) is 2. The lowest BCUT2D eigenvalue weighted by Gasteiger charge is -2.19. The lowest BCUT2D eigenvalue weighted by Crippen LogP contribution is -2.24. The summed E-state index contributed by atoms with van der Waals surface area (Å²) in [6, 6.07) is 8.05. The molecule has 1 heterocycles. The molecule has 0 spiro atoms. The standard InChI is InChI=1S/C16H22N2OS/c1-4-14-9-17-16(20-14)11-18(3)10-15(19)13-7-5-12(2)6-8-13/h5-9,15,19H,4,10-11H2,1-3H3. The van der Waals surface area contributed by atoms with Crippen LogP contribution in [-0.2, 0) is 13.0 Å². The lowest BCUT2D eigenvalue weighted by atomic mass is 10.1.